The van der Waals surface area contributed by atoms with Gasteiger partial charge in [-0.15, -0.1) is 5.10 Å². The third-order valence-electron chi connectivity index (χ3n) is 3.07. The van der Waals surface area contributed by atoms with Crippen molar-refractivity contribution in [2.75, 3.05) is 18.8 Å². The number of carbonyl (C=O) groups excluding carboxylic acids is 1. The second-order valence-corrected chi connectivity index (χ2v) is 6.16. The van der Waals surface area contributed by atoms with Crippen molar-refractivity contribution in [1.29, 1.82) is 0 Å². The summed E-state index contributed by atoms with van der Waals surface area (Å²) in [6.07, 6.45) is 5.84. The second-order valence-electron chi connectivity index (χ2n) is 4.53. The minimum absolute atomic E-state index is 0.198. The van der Waals surface area contributed by atoms with E-state index in [1.165, 1.54) is 23.9 Å². The van der Waals surface area contributed by atoms with Gasteiger partial charge in [0.25, 0.3) is 0 Å². The molecule has 6 nitrogen and oxygen atoms in total. The summed E-state index contributed by atoms with van der Waals surface area (Å²) in [4.78, 5) is 17.9. The molecule has 7 heteroatoms. The van der Waals surface area contributed by atoms with Gasteiger partial charge in [-0.25, -0.2) is 9.78 Å². The Morgan fingerprint density at radius 1 is 1.30 bits per heavy atom. The lowest BCUT2D eigenvalue weighted by Crippen LogP contribution is -2.35. The molecule has 0 aromatic carbocycles. The third kappa shape index (κ3) is 4.70. The van der Waals surface area contributed by atoms with Crippen molar-refractivity contribution in [3.63, 3.8) is 0 Å². The molecule has 1 unspecified atom stereocenters. The fourth-order valence-corrected chi connectivity index (χ4v) is 2.44. The van der Waals surface area contributed by atoms with Gasteiger partial charge in [-0.3, -0.25) is 4.21 Å². The average Bonchev–Trinajstić information content (AvgIpc) is 2.96. The molecule has 1 aromatic heterocycles. The molecule has 0 fully saturated rings. The summed E-state index contributed by atoms with van der Waals surface area (Å²) in [5, 5.41) is 4.23. The molecule has 20 heavy (non-hydrogen) atoms. The van der Waals surface area contributed by atoms with Crippen molar-refractivity contribution in [3.8, 4) is 0 Å². The topological polar surface area (TPSA) is 68.1 Å². The number of hydrogen-bond acceptors (Lipinski definition) is 4. The van der Waals surface area contributed by atoms with Gasteiger partial charge in [0.2, 0.25) is 5.16 Å². The number of rotatable bonds is 8. The quantitative estimate of drug-likeness (QED) is 0.691. The summed E-state index contributed by atoms with van der Waals surface area (Å²) < 4.78 is 12.8. The summed E-state index contributed by atoms with van der Waals surface area (Å²) in [6.45, 7) is 7.26. The Balaban J connectivity index is 2.61. The van der Waals surface area contributed by atoms with E-state index in [4.69, 9.17) is 0 Å². The van der Waals surface area contributed by atoms with Gasteiger partial charge in [-0.05, 0) is 13.3 Å². The van der Waals surface area contributed by atoms with Crippen LogP contribution in [0.4, 0.5) is 4.79 Å². The SMILES string of the molecule is CCCCCCN(CC)C(=O)n1cnc(S(=O)CC)n1. The smallest absolute Gasteiger partial charge is 0.323 e. The normalized spacial score (nSPS) is 12.3. The summed E-state index contributed by atoms with van der Waals surface area (Å²) >= 11 is 0. The maximum absolute atomic E-state index is 12.3. The van der Waals surface area contributed by atoms with Crippen molar-refractivity contribution >= 4 is 16.8 Å². The Hall–Kier alpha value is -1.24. The molecule has 0 radical (unpaired) electrons. The predicted molar refractivity (Wildman–Crippen MR) is 79.2 cm³/mol. The maximum Gasteiger partial charge on any atom is 0.346 e. The molecule has 0 saturated carbocycles. The first kappa shape index (κ1) is 16.8. The summed E-state index contributed by atoms with van der Waals surface area (Å²) in [5.41, 5.74) is 0. The molecule has 1 amide bonds. The van der Waals surface area contributed by atoms with Crippen LogP contribution in [0.3, 0.4) is 0 Å². The molecule has 1 heterocycles. The van der Waals surface area contributed by atoms with E-state index in [0.717, 1.165) is 19.4 Å². The van der Waals surface area contributed by atoms with Crippen LogP contribution < -0.4 is 0 Å². The van der Waals surface area contributed by atoms with E-state index in [9.17, 15) is 9.00 Å². The maximum atomic E-state index is 12.3. The van der Waals surface area contributed by atoms with Crippen LogP contribution in [0.2, 0.25) is 0 Å². The highest BCUT2D eigenvalue weighted by Crippen LogP contribution is 2.04. The molecule has 1 rings (SSSR count). The lowest BCUT2D eigenvalue weighted by atomic mass is 10.2. The highest BCUT2D eigenvalue weighted by molar-refractivity contribution is 7.84. The van der Waals surface area contributed by atoms with Crippen LogP contribution >= 0.6 is 0 Å². The fraction of sp³-hybridized carbons (Fsp3) is 0.769. The molecule has 0 spiro atoms. The molecule has 0 aliphatic rings. The monoisotopic (exact) mass is 300 g/mol. The highest BCUT2D eigenvalue weighted by atomic mass is 32.2. The molecule has 0 aliphatic carbocycles. The van der Waals surface area contributed by atoms with Crippen molar-refractivity contribution in [2.24, 2.45) is 0 Å². The lowest BCUT2D eigenvalue weighted by molar-refractivity contribution is 0.197. The first-order valence-corrected chi connectivity index (χ1v) is 8.55. The van der Waals surface area contributed by atoms with Crippen molar-refractivity contribution < 1.29 is 9.00 Å². The Bertz CT molecular complexity index is 447. The minimum Gasteiger partial charge on any atom is -0.323 e. The summed E-state index contributed by atoms with van der Waals surface area (Å²) in [7, 11) is -1.22. The van der Waals surface area contributed by atoms with Crippen LogP contribution in [0.1, 0.15) is 46.5 Å². The number of amides is 1. The van der Waals surface area contributed by atoms with Gasteiger partial charge in [-0.1, -0.05) is 33.1 Å². The molecule has 0 aliphatic heterocycles. The number of carbonyl (C=O) groups is 1. The number of hydrogen-bond donors (Lipinski definition) is 0. The fourth-order valence-electron chi connectivity index (χ4n) is 1.84. The summed E-state index contributed by atoms with van der Waals surface area (Å²) in [5.74, 6) is 0.451. The van der Waals surface area contributed by atoms with Crippen LogP contribution in [0, 0.1) is 0 Å². The molecular formula is C13H24N4O2S. The third-order valence-corrected chi connectivity index (χ3v) is 4.19. The Kier molecular flexibility index (Phi) is 7.43. The van der Waals surface area contributed by atoms with Gasteiger partial charge in [-0.2, -0.15) is 4.68 Å². The first-order chi connectivity index (χ1) is 9.63. The van der Waals surface area contributed by atoms with Gasteiger partial charge in [0.05, 0.1) is 10.8 Å². The molecule has 1 aromatic rings. The van der Waals surface area contributed by atoms with Crippen LogP contribution in [0.25, 0.3) is 0 Å². The van der Waals surface area contributed by atoms with Crippen LogP contribution in [0.15, 0.2) is 11.5 Å². The van der Waals surface area contributed by atoms with Gasteiger partial charge >= 0.3 is 6.03 Å². The number of nitrogens with zero attached hydrogens (tertiary/aromatic N) is 4. The second kappa shape index (κ2) is 8.84. The predicted octanol–water partition coefficient (Wildman–Crippen LogP) is 2.28. The largest absolute Gasteiger partial charge is 0.346 e. The molecule has 1 atom stereocenters. The zero-order valence-electron chi connectivity index (χ0n) is 12.5. The van der Waals surface area contributed by atoms with Crippen molar-refractivity contribution in [1.82, 2.24) is 19.7 Å². The Morgan fingerprint density at radius 3 is 2.65 bits per heavy atom. The zero-order chi connectivity index (χ0) is 15.0. The van der Waals surface area contributed by atoms with Gasteiger partial charge in [0, 0.05) is 18.8 Å². The number of unbranched alkanes of at least 4 members (excludes halogenated alkanes) is 3. The zero-order valence-corrected chi connectivity index (χ0v) is 13.4. The van der Waals surface area contributed by atoms with E-state index in [0.29, 0.717) is 12.3 Å². The highest BCUT2D eigenvalue weighted by Gasteiger charge is 2.17. The molecule has 0 N–H and O–H groups in total. The standard InChI is InChI=1S/C13H24N4O2S/c1-4-7-8-9-10-16(5-2)13(18)17-11-14-12(15-17)20(19)6-3/h11H,4-10H2,1-3H3. The molecule has 0 bridgehead atoms. The van der Waals surface area contributed by atoms with Gasteiger partial charge in [0.1, 0.15) is 6.33 Å². The Labute approximate surface area is 123 Å². The van der Waals surface area contributed by atoms with Crippen LogP contribution in [-0.4, -0.2) is 48.7 Å². The van der Waals surface area contributed by atoms with Gasteiger partial charge < -0.3 is 4.90 Å². The average molecular weight is 300 g/mol. The Morgan fingerprint density at radius 2 is 2.05 bits per heavy atom. The van der Waals surface area contributed by atoms with E-state index in [-0.39, 0.29) is 11.2 Å². The van der Waals surface area contributed by atoms with Crippen LogP contribution in [-0.2, 0) is 10.8 Å². The molecule has 0 saturated heterocycles. The van der Waals surface area contributed by atoms with Crippen molar-refractivity contribution in [2.45, 2.75) is 51.6 Å². The van der Waals surface area contributed by atoms with Crippen molar-refractivity contribution in [3.05, 3.63) is 6.33 Å². The number of aromatic nitrogens is 3. The van der Waals surface area contributed by atoms with E-state index in [1.54, 1.807) is 11.8 Å². The molecular weight excluding hydrogens is 276 g/mol. The van der Waals surface area contributed by atoms with Gasteiger partial charge in [0.15, 0.2) is 0 Å². The van der Waals surface area contributed by atoms with E-state index >= 15 is 0 Å². The first-order valence-electron chi connectivity index (χ1n) is 7.23. The minimum atomic E-state index is -1.22. The van der Waals surface area contributed by atoms with E-state index < -0.39 is 10.8 Å². The lowest BCUT2D eigenvalue weighted by Gasteiger charge is -2.19. The van der Waals surface area contributed by atoms with E-state index in [1.807, 2.05) is 6.92 Å². The summed E-state index contributed by atoms with van der Waals surface area (Å²) in [6, 6.07) is -0.198. The molecule has 114 valence electrons. The van der Waals surface area contributed by atoms with E-state index in [2.05, 4.69) is 17.0 Å². The van der Waals surface area contributed by atoms with Crippen LogP contribution in [0.5, 0.6) is 0 Å².